The standard InChI is InChI=1S/C25H26F3N5O3/c1-31-22-17(9-15(11-21(22)36-2)24(35)32-8-7-20(34)16(29)12-32)30-23(31)19-10-14-5-3-4-6-18(14)33(19)13-25(26,27)28/h3-6,9-11,16,20,34H,7-8,12-13,29H2,1-2H3/t16-,20+/m1/s1. The number of aromatic nitrogens is 3. The number of methoxy groups -OCH3 is 1. The predicted octanol–water partition coefficient (Wildman–Crippen LogP) is 3.30. The maximum atomic E-state index is 13.5. The normalized spacial score (nSPS) is 18.8. The molecule has 1 aliphatic heterocycles. The summed E-state index contributed by atoms with van der Waals surface area (Å²) in [4.78, 5) is 19.4. The molecule has 2 aromatic heterocycles. The number of carbonyl (C=O) groups is 1. The number of fused-ring (bicyclic) bond motifs is 2. The van der Waals surface area contributed by atoms with Gasteiger partial charge in [0.2, 0.25) is 0 Å². The van der Waals surface area contributed by atoms with Crippen LogP contribution in [0.15, 0.2) is 42.5 Å². The van der Waals surface area contributed by atoms with Crippen LogP contribution in [0.3, 0.4) is 0 Å². The maximum Gasteiger partial charge on any atom is 0.406 e. The molecule has 0 spiro atoms. The summed E-state index contributed by atoms with van der Waals surface area (Å²) in [5, 5.41) is 10.6. The monoisotopic (exact) mass is 501 g/mol. The molecule has 0 radical (unpaired) electrons. The van der Waals surface area contributed by atoms with Gasteiger partial charge in [0.1, 0.15) is 17.8 Å². The second-order valence-electron chi connectivity index (χ2n) is 9.10. The van der Waals surface area contributed by atoms with Crippen LogP contribution in [-0.2, 0) is 13.6 Å². The second kappa shape index (κ2) is 8.82. The van der Waals surface area contributed by atoms with Crippen molar-refractivity contribution in [2.75, 3.05) is 20.2 Å². The first-order valence-corrected chi connectivity index (χ1v) is 11.5. The van der Waals surface area contributed by atoms with Crippen molar-refractivity contribution in [3.05, 3.63) is 48.0 Å². The largest absolute Gasteiger partial charge is 0.494 e. The summed E-state index contributed by atoms with van der Waals surface area (Å²) < 4.78 is 48.9. The van der Waals surface area contributed by atoms with Crippen LogP contribution in [0.25, 0.3) is 33.5 Å². The Balaban J connectivity index is 1.63. The van der Waals surface area contributed by atoms with E-state index in [-0.39, 0.29) is 12.5 Å². The number of ether oxygens (including phenoxy) is 1. The van der Waals surface area contributed by atoms with Gasteiger partial charge in [-0.3, -0.25) is 4.79 Å². The zero-order chi connectivity index (χ0) is 25.8. The van der Waals surface area contributed by atoms with Crippen molar-refractivity contribution in [1.82, 2.24) is 19.0 Å². The Labute approximate surface area is 204 Å². The number of aliphatic hydroxyl groups is 1. The molecule has 0 aliphatic carbocycles. The van der Waals surface area contributed by atoms with E-state index >= 15 is 0 Å². The van der Waals surface area contributed by atoms with Crippen LogP contribution in [0.5, 0.6) is 5.75 Å². The number of nitrogens with two attached hydrogens (primary N) is 1. The van der Waals surface area contributed by atoms with E-state index < -0.39 is 24.9 Å². The number of amides is 1. The van der Waals surface area contributed by atoms with Gasteiger partial charge in [-0.1, -0.05) is 18.2 Å². The van der Waals surface area contributed by atoms with Crippen LogP contribution in [0.4, 0.5) is 13.2 Å². The Hall–Kier alpha value is -3.57. The van der Waals surface area contributed by atoms with E-state index in [1.54, 1.807) is 59.0 Å². The summed E-state index contributed by atoms with van der Waals surface area (Å²) in [5.74, 6) is 0.407. The smallest absolute Gasteiger partial charge is 0.406 e. The molecule has 0 unspecified atom stereocenters. The predicted molar refractivity (Wildman–Crippen MR) is 129 cm³/mol. The Morgan fingerprint density at radius 2 is 2.00 bits per heavy atom. The first-order chi connectivity index (χ1) is 17.1. The molecule has 11 heteroatoms. The Morgan fingerprint density at radius 3 is 2.69 bits per heavy atom. The molecule has 1 amide bonds. The molecule has 1 fully saturated rings. The van der Waals surface area contributed by atoms with Gasteiger partial charge >= 0.3 is 6.18 Å². The van der Waals surface area contributed by atoms with Crippen LogP contribution in [-0.4, -0.2) is 68.6 Å². The van der Waals surface area contributed by atoms with Crippen molar-refractivity contribution < 1.29 is 27.8 Å². The molecular formula is C25H26F3N5O3. The lowest BCUT2D eigenvalue weighted by atomic mass is 10.0. The first kappa shape index (κ1) is 24.1. The topological polar surface area (TPSA) is 98.5 Å². The average molecular weight is 502 g/mol. The van der Waals surface area contributed by atoms with Gasteiger partial charge in [0.05, 0.1) is 24.4 Å². The lowest BCUT2D eigenvalue weighted by molar-refractivity contribution is -0.139. The van der Waals surface area contributed by atoms with Gasteiger partial charge in [-0.05, 0) is 30.7 Å². The second-order valence-corrected chi connectivity index (χ2v) is 9.10. The van der Waals surface area contributed by atoms with Gasteiger partial charge in [-0.15, -0.1) is 0 Å². The number of likely N-dealkylation sites (tertiary alicyclic amines) is 1. The van der Waals surface area contributed by atoms with Gasteiger partial charge < -0.3 is 29.6 Å². The summed E-state index contributed by atoms with van der Waals surface area (Å²) in [7, 11) is 3.17. The first-order valence-electron chi connectivity index (χ1n) is 11.5. The summed E-state index contributed by atoms with van der Waals surface area (Å²) in [5.41, 5.74) is 7.99. The minimum atomic E-state index is -4.43. The van der Waals surface area contributed by atoms with Crippen LogP contribution >= 0.6 is 0 Å². The van der Waals surface area contributed by atoms with Crippen molar-refractivity contribution in [1.29, 1.82) is 0 Å². The molecule has 190 valence electrons. The number of benzene rings is 2. The van der Waals surface area contributed by atoms with E-state index in [9.17, 15) is 23.1 Å². The van der Waals surface area contributed by atoms with E-state index in [2.05, 4.69) is 4.98 Å². The number of carbonyl (C=O) groups excluding carboxylic acids is 1. The highest BCUT2D eigenvalue weighted by Crippen LogP contribution is 2.35. The zero-order valence-corrected chi connectivity index (χ0v) is 19.8. The third-order valence-electron chi connectivity index (χ3n) is 6.69. The number of aryl methyl sites for hydroxylation is 1. The maximum absolute atomic E-state index is 13.5. The molecular weight excluding hydrogens is 475 g/mol. The van der Waals surface area contributed by atoms with E-state index in [1.165, 1.54) is 11.7 Å². The van der Waals surface area contributed by atoms with Crippen LogP contribution in [0, 0.1) is 0 Å². The number of nitrogens with zero attached hydrogens (tertiary/aromatic N) is 4. The van der Waals surface area contributed by atoms with Crippen molar-refractivity contribution in [3.8, 4) is 17.3 Å². The fourth-order valence-electron chi connectivity index (χ4n) is 4.90. The number of hydrogen-bond donors (Lipinski definition) is 2. The number of para-hydroxylation sites is 1. The number of aliphatic hydroxyl groups excluding tert-OH is 1. The molecule has 0 saturated carbocycles. The summed E-state index contributed by atoms with van der Waals surface area (Å²) >= 11 is 0. The van der Waals surface area contributed by atoms with Gasteiger partial charge in [-0.25, -0.2) is 4.98 Å². The molecule has 3 N–H and O–H groups in total. The highest BCUT2D eigenvalue weighted by atomic mass is 19.4. The van der Waals surface area contributed by atoms with Crippen molar-refractivity contribution in [3.63, 3.8) is 0 Å². The Bertz CT molecular complexity index is 1460. The summed E-state index contributed by atoms with van der Waals surface area (Å²) in [6, 6.07) is 11.2. The zero-order valence-electron chi connectivity index (χ0n) is 19.8. The van der Waals surface area contributed by atoms with Crippen LogP contribution in [0.2, 0.25) is 0 Å². The molecule has 0 bridgehead atoms. The third-order valence-corrected chi connectivity index (χ3v) is 6.69. The number of piperidine rings is 1. The molecule has 2 atom stereocenters. The minimum Gasteiger partial charge on any atom is -0.494 e. The number of rotatable bonds is 4. The molecule has 2 aromatic carbocycles. The molecule has 3 heterocycles. The SMILES string of the molecule is COc1cc(C(=O)N2CC[C@H](O)[C@H](N)C2)cc2nc(-c3cc4ccccc4n3CC(F)(F)F)n(C)c12. The lowest BCUT2D eigenvalue weighted by Crippen LogP contribution is -2.53. The van der Waals surface area contributed by atoms with E-state index in [0.29, 0.717) is 57.7 Å². The van der Waals surface area contributed by atoms with Crippen molar-refractivity contribution >= 4 is 27.8 Å². The number of halogens is 3. The molecule has 4 aromatic rings. The van der Waals surface area contributed by atoms with Crippen LogP contribution < -0.4 is 10.5 Å². The van der Waals surface area contributed by atoms with Crippen LogP contribution in [0.1, 0.15) is 16.8 Å². The summed E-state index contributed by atoms with van der Waals surface area (Å²) in [6.07, 6.45) is -4.71. The average Bonchev–Trinajstić information content (AvgIpc) is 3.36. The van der Waals surface area contributed by atoms with Gasteiger partial charge in [0, 0.05) is 42.6 Å². The third kappa shape index (κ3) is 4.18. The summed E-state index contributed by atoms with van der Waals surface area (Å²) in [6.45, 7) is -0.592. The van der Waals surface area contributed by atoms with Gasteiger partial charge in [0.25, 0.3) is 5.91 Å². The van der Waals surface area contributed by atoms with Gasteiger partial charge in [-0.2, -0.15) is 13.2 Å². The molecule has 5 rings (SSSR count). The fourth-order valence-corrected chi connectivity index (χ4v) is 4.90. The number of hydrogen-bond acceptors (Lipinski definition) is 5. The molecule has 1 aliphatic rings. The Morgan fingerprint density at radius 1 is 1.25 bits per heavy atom. The van der Waals surface area contributed by atoms with E-state index in [4.69, 9.17) is 10.5 Å². The minimum absolute atomic E-state index is 0.214. The van der Waals surface area contributed by atoms with E-state index in [0.717, 1.165) is 0 Å². The fraction of sp³-hybridized carbons (Fsp3) is 0.360. The van der Waals surface area contributed by atoms with E-state index in [1.807, 2.05) is 0 Å². The van der Waals surface area contributed by atoms with Crippen molar-refractivity contribution in [2.45, 2.75) is 31.3 Å². The molecule has 1 saturated heterocycles. The van der Waals surface area contributed by atoms with Crippen molar-refractivity contribution in [2.24, 2.45) is 12.8 Å². The number of alkyl halides is 3. The lowest BCUT2D eigenvalue weighted by Gasteiger charge is -2.34. The highest BCUT2D eigenvalue weighted by molar-refractivity contribution is 6.00. The molecule has 8 nitrogen and oxygen atoms in total. The van der Waals surface area contributed by atoms with Gasteiger partial charge in [0.15, 0.2) is 5.82 Å². The Kier molecular flexibility index (Phi) is 5.92. The highest BCUT2D eigenvalue weighted by Gasteiger charge is 2.32. The quantitative estimate of drug-likeness (QED) is 0.447. The molecule has 36 heavy (non-hydrogen) atoms. The number of imidazole rings is 1.